The standard InChI is InChI=1S/C34H46N6O5/c1-10-28(41)36-25-13-11-12-23(18-25)21-39(32(43)45-34(7,8)9)29-19-27(37-30-26(22(2)3)20-35-40(29)30)24-14-16-38(17-15-24)31(42)44-33(4,5)6/h10-13,18-20,22,24H,1,14-17,21H2,2-9H3,(H,36,41). The predicted octanol–water partition coefficient (Wildman–Crippen LogP) is 7.03. The lowest BCUT2D eigenvalue weighted by molar-refractivity contribution is -0.111. The number of benzene rings is 1. The highest BCUT2D eigenvalue weighted by Crippen LogP contribution is 2.33. The number of anilines is 2. The molecular formula is C34H46N6O5. The third kappa shape index (κ3) is 8.61. The van der Waals surface area contributed by atoms with Crippen LogP contribution in [0.4, 0.5) is 21.1 Å². The van der Waals surface area contributed by atoms with Crippen LogP contribution < -0.4 is 10.2 Å². The zero-order valence-corrected chi connectivity index (χ0v) is 27.7. The van der Waals surface area contributed by atoms with Gasteiger partial charge in [-0.05, 0) is 84.1 Å². The first-order valence-corrected chi connectivity index (χ1v) is 15.4. The van der Waals surface area contributed by atoms with Gasteiger partial charge in [0, 0.05) is 42.0 Å². The molecule has 0 atom stereocenters. The molecular weight excluding hydrogens is 572 g/mol. The van der Waals surface area contributed by atoms with Crippen molar-refractivity contribution in [2.24, 2.45) is 0 Å². The third-order valence-electron chi connectivity index (χ3n) is 7.30. The maximum atomic E-state index is 13.9. The van der Waals surface area contributed by atoms with Crippen molar-refractivity contribution in [3.8, 4) is 0 Å². The van der Waals surface area contributed by atoms with E-state index in [1.165, 1.54) is 6.08 Å². The van der Waals surface area contributed by atoms with E-state index < -0.39 is 17.3 Å². The maximum absolute atomic E-state index is 13.9. The molecule has 1 aromatic carbocycles. The minimum atomic E-state index is -0.744. The van der Waals surface area contributed by atoms with E-state index in [4.69, 9.17) is 14.5 Å². The summed E-state index contributed by atoms with van der Waals surface area (Å²) in [5, 5.41) is 7.45. The lowest BCUT2D eigenvalue weighted by Crippen LogP contribution is -2.41. The predicted molar refractivity (Wildman–Crippen MR) is 175 cm³/mol. The van der Waals surface area contributed by atoms with Crippen LogP contribution in [0, 0.1) is 0 Å². The van der Waals surface area contributed by atoms with Gasteiger partial charge in [-0.1, -0.05) is 32.6 Å². The number of hydrogen-bond acceptors (Lipinski definition) is 7. The van der Waals surface area contributed by atoms with Crippen LogP contribution in [-0.4, -0.2) is 61.9 Å². The highest BCUT2D eigenvalue weighted by Gasteiger charge is 2.31. The SMILES string of the molecule is C=CC(=O)Nc1cccc(CN(C(=O)OC(C)(C)C)c2cc(C3CCN(C(=O)OC(C)(C)C)CC3)nc3c(C(C)C)cnn23)c1. The highest BCUT2D eigenvalue weighted by atomic mass is 16.6. The van der Waals surface area contributed by atoms with Crippen LogP contribution in [0.1, 0.15) is 96.9 Å². The van der Waals surface area contributed by atoms with Gasteiger partial charge in [0.05, 0.1) is 12.7 Å². The van der Waals surface area contributed by atoms with E-state index in [0.29, 0.717) is 43.1 Å². The van der Waals surface area contributed by atoms with Gasteiger partial charge in [-0.25, -0.2) is 14.6 Å². The largest absolute Gasteiger partial charge is 0.444 e. The average Bonchev–Trinajstić information content (AvgIpc) is 3.38. The summed E-state index contributed by atoms with van der Waals surface area (Å²) in [6.45, 7) is 20.0. The number of nitrogens with one attached hydrogen (secondary N) is 1. The summed E-state index contributed by atoms with van der Waals surface area (Å²) in [6, 6.07) is 9.20. The number of likely N-dealkylation sites (tertiary alicyclic amines) is 1. The Hall–Kier alpha value is -4.41. The summed E-state index contributed by atoms with van der Waals surface area (Å²) in [5.74, 6) is 0.394. The molecule has 0 bridgehead atoms. The molecule has 3 aromatic rings. The molecule has 3 heterocycles. The maximum Gasteiger partial charge on any atom is 0.416 e. The van der Waals surface area contributed by atoms with Crippen LogP contribution in [0.15, 0.2) is 49.2 Å². The number of aromatic nitrogens is 3. The van der Waals surface area contributed by atoms with Crippen LogP contribution in [0.25, 0.3) is 5.65 Å². The lowest BCUT2D eigenvalue weighted by Gasteiger charge is -2.33. The van der Waals surface area contributed by atoms with Crippen LogP contribution in [0.5, 0.6) is 0 Å². The Morgan fingerprint density at radius 3 is 2.33 bits per heavy atom. The second kappa shape index (κ2) is 13.3. The molecule has 242 valence electrons. The fraction of sp³-hybridized carbons (Fsp3) is 0.500. The second-order valence-electron chi connectivity index (χ2n) is 13.7. The Morgan fingerprint density at radius 1 is 1.07 bits per heavy atom. The third-order valence-corrected chi connectivity index (χ3v) is 7.30. The Morgan fingerprint density at radius 2 is 1.73 bits per heavy atom. The normalized spacial score (nSPS) is 14.4. The van der Waals surface area contributed by atoms with Crippen molar-refractivity contribution in [2.45, 2.75) is 97.8 Å². The number of carbonyl (C=O) groups excluding carboxylic acids is 3. The van der Waals surface area contributed by atoms with Crippen LogP contribution in [-0.2, 0) is 20.8 Å². The second-order valence-corrected chi connectivity index (χ2v) is 13.7. The number of rotatable bonds is 7. The molecule has 4 rings (SSSR count). The van der Waals surface area contributed by atoms with E-state index in [2.05, 4.69) is 30.8 Å². The fourth-order valence-corrected chi connectivity index (χ4v) is 5.15. The lowest BCUT2D eigenvalue weighted by atomic mass is 9.93. The summed E-state index contributed by atoms with van der Waals surface area (Å²) >= 11 is 0. The first-order chi connectivity index (χ1) is 21.0. The molecule has 1 fully saturated rings. The number of piperidine rings is 1. The van der Waals surface area contributed by atoms with Crippen molar-refractivity contribution >= 4 is 35.2 Å². The van der Waals surface area contributed by atoms with E-state index >= 15 is 0 Å². The number of nitrogens with zero attached hydrogens (tertiary/aromatic N) is 5. The Balaban J connectivity index is 1.75. The molecule has 0 spiro atoms. The first-order valence-electron chi connectivity index (χ1n) is 15.4. The highest BCUT2D eigenvalue weighted by molar-refractivity contribution is 5.99. The van der Waals surface area contributed by atoms with Crippen molar-refractivity contribution in [1.29, 1.82) is 0 Å². The van der Waals surface area contributed by atoms with E-state index in [9.17, 15) is 14.4 Å². The van der Waals surface area contributed by atoms with Gasteiger partial charge in [-0.3, -0.25) is 9.69 Å². The molecule has 0 saturated carbocycles. The molecule has 0 unspecified atom stereocenters. The monoisotopic (exact) mass is 618 g/mol. The van der Waals surface area contributed by atoms with E-state index in [-0.39, 0.29) is 30.4 Å². The number of carbonyl (C=O) groups is 3. The van der Waals surface area contributed by atoms with Crippen LogP contribution >= 0.6 is 0 Å². The average molecular weight is 619 g/mol. The van der Waals surface area contributed by atoms with Crippen LogP contribution in [0.2, 0.25) is 0 Å². The smallest absolute Gasteiger partial charge is 0.416 e. The summed E-state index contributed by atoms with van der Waals surface area (Å²) in [6.07, 6.45) is 3.55. The van der Waals surface area contributed by atoms with Crippen molar-refractivity contribution < 1.29 is 23.9 Å². The minimum absolute atomic E-state index is 0.0558. The molecule has 3 amide bonds. The van der Waals surface area contributed by atoms with Gasteiger partial charge >= 0.3 is 12.2 Å². The zero-order valence-electron chi connectivity index (χ0n) is 27.7. The molecule has 2 aromatic heterocycles. The molecule has 1 aliphatic rings. The van der Waals surface area contributed by atoms with Crippen LogP contribution in [0.3, 0.4) is 0 Å². The molecule has 1 N–H and O–H groups in total. The topological polar surface area (TPSA) is 118 Å². The number of fused-ring (bicyclic) bond motifs is 1. The molecule has 1 saturated heterocycles. The summed E-state index contributed by atoms with van der Waals surface area (Å²) in [7, 11) is 0. The fourth-order valence-electron chi connectivity index (χ4n) is 5.15. The Labute approximate surface area is 265 Å². The van der Waals surface area contributed by atoms with Gasteiger partial charge < -0.3 is 19.7 Å². The van der Waals surface area contributed by atoms with Gasteiger partial charge in [0.15, 0.2) is 5.65 Å². The molecule has 0 radical (unpaired) electrons. The molecule has 45 heavy (non-hydrogen) atoms. The number of ether oxygens (including phenoxy) is 2. The molecule has 11 heteroatoms. The van der Waals surface area contributed by atoms with Gasteiger partial charge in [0.2, 0.25) is 5.91 Å². The Bertz CT molecular complexity index is 1560. The summed E-state index contributed by atoms with van der Waals surface area (Å²) in [4.78, 5) is 46.9. The molecule has 1 aliphatic heterocycles. The summed E-state index contributed by atoms with van der Waals surface area (Å²) in [5.41, 5.74) is 2.51. The quantitative estimate of drug-likeness (QED) is 0.282. The van der Waals surface area contributed by atoms with E-state index in [1.54, 1.807) is 26.6 Å². The van der Waals surface area contributed by atoms with Crippen molar-refractivity contribution in [2.75, 3.05) is 23.3 Å². The van der Waals surface area contributed by atoms with Gasteiger partial charge in [0.25, 0.3) is 0 Å². The Kier molecular flexibility index (Phi) is 9.89. The van der Waals surface area contributed by atoms with Crippen molar-refractivity contribution in [3.63, 3.8) is 0 Å². The zero-order chi connectivity index (χ0) is 33.1. The van der Waals surface area contributed by atoms with E-state index in [0.717, 1.165) is 16.8 Å². The van der Waals surface area contributed by atoms with Crippen molar-refractivity contribution in [3.05, 3.63) is 66.0 Å². The van der Waals surface area contributed by atoms with Gasteiger partial charge in [0.1, 0.15) is 17.0 Å². The molecule has 11 nitrogen and oxygen atoms in total. The number of amides is 3. The van der Waals surface area contributed by atoms with E-state index in [1.807, 2.05) is 65.8 Å². The van der Waals surface area contributed by atoms with Crippen molar-refractivity contribution in [1.82, 2.24) is 19.5 Å². The molecule has 0 aliphatic carbocycles. The van der Waals surface area contributed by atoms with Gasteiger partial charge in [-0.15, -0.1) is 0 Å². The minimum Gasteiger partial charge on any atom is -0.444 e. The first kappa shape index (κ1) is 33.5. The summed E-state index contributed by atoms with van der Waals surface area (Å²) < 4.78 is 13.2. The van der Waals surface area contributed by atoms with Gasteiger partial charge in [-0.2, -0.15) is 9.61 Å². The number of hydrogen-bond donors (Lipinski definition) is 1.